The highest BCUT2D eigenvalue weighted by molar-refractivity contribution is 5.86. The Morgan fingerprint density at radius 3 is 2.75 bits per heavy atom. The van der Waals surface area contributed by atoms with Gasteiger partial charge < -0.3 is 4.74 Å². The maximum Gasteiger partial charge on any atom is 0.303 e. The summed E-state index contributed by atoms with van der Waals surface area (Å²) in [5.74, 6) is -0.0961. The normalized spacial score (nSPS) is 30.0. The number of ether oxygens (including phenoxy) is 1. The molecule has 0 saturated heterocycles. The molecule has 0 aliphatic heterocycles. The van der Waals surface area contributed by atoms with Crippen molar-refractivity contribution in [2.45, 2.75) is 39.2 Å². The molecule has 1 aliphatic rings. The number of carbonyl (C=O) groups excluding carboxylic acids is 2. The first kappa shape index (κ1) is 9.23. The molecule has 0 N–H and O–H groups in total. The minimum absolute atomic E-state index is 0.0731. The van der Waals surface area contributed by atoms with E-state index in [1.54, 1.807) is 0 Å². The molecule has 68 valence electrons. The number of hydrogen-bond acceptors (Lipinski definition) is 3. The summed E-state index contributed by atoms with van der Waals surface area (Å²) < 4.78 is 4.93. The zero-order chi connectivity index (χ0) is 9.14. The summed E-state index contributed by atoms with van der Waals surface area (Å²) in [6.45, 7) is 3.29. The summed E-state index contributed by atoms with van der Waals surface area (Å²) in [6.07, 6.45) is 1.99. The Morgan fingerprint density at radius 2 is 2.25 bits per heavy atom. The number of rotatable bonds is 1. The van der Waals surface area contributed by atoms with E-state index < -0.39 is 6.10 Å². The van der Waals surface area contributed by atoms with Gasteiger partial charge in [-0.25, -0.2) is 0 Å². The molecule has 1 fully saturated rings. The molecule has 0 radical (unpaired) electrons. The predicted octanol–water partition coefficient (Wildman–Crippen LogP) is 1.31. The number of Topliss-reactive ketones (excluding diaryl/α,β-unsaturated/α-hetero) is 1. The van der Waals surface area contributed by atoms with Gasteiger partial charge in [0.05, 0.1) is 0 Å². The highest BCUT2D eigenvalue weighted by atomic mass is 16.5. The summed E-state index contributed by atoms with van der Waals surface area (Å²) >= 11 is 0. The third-order valence-corrected chi connectivity index (χ3v) is 2.21. The molecule has 0 aromatic carbocycles. The molecule has 0 spiro atoms. The molecule has 0 aromatic heterocycles. The van der Waals surface area contributed by atoms with Crippen LogP contribution in [0.15, 0.2) is 0 Å². The Hall–Kier alpha value is -0.860. The molecule has 3 nitrogen and oxygen atoms in total. The Balaban J connectivity index is 2.57. The molecule has 0 heterocycles. The molecule has 0 bridgehead atoms. The third kappa shape index (κ3) is 2.06. The Bertz CT molecular complexity index is 198. The average Bonchev–Trinajstić information content (AvgIpc) is 1.97. The SMILES string of the molecule is CC(=O)O[C@@H]1C(=O)CCC[C@H]1C. The van der Waals surface area contributed by atoms with E-state index in [1.165, 1.54) is 6.92 Å². The second-order valence-corrected chi connectivity index (χ2v) is 3.37. The lowest BCUT2D eigenvalue weighted by Crippen LogP contribution is -2.35. The van der Waals surface area contributed by atoms with Gasteiger partial charge in [0, 0.05) is 19.3 Å². The van der Waals surface area contributed by atoms with Gasteiger partial charge in [-0.05, 0) is 12.8 Å². The number of hydrogen-bond donors (Lipinski definition) is 0. The monoisotopic (exact) mass is 170 g/mol. The fraction of sp³-hybridized carbons (Fsp3) is 0.778. The molecule has 0 unspecified atom stereocenters. The van der Waals surface area contributed by atoms with Crippen molar-refractivity contribution in [2.24, 2.45) is 5.92 Å². The van der Waals surface area contributed by atoms with Gasteiger partial charge in [0.2, 0.25) is 0 Å². The molecular formula is C9H14O3. The van der Waals surface area contributed by atoms with Crippen molar-refractivity contribution in [3.8, 4) is 0 Å². The van der Waals surface area contributed by atoms with Crippen molar-refractivity contribution < 1.29 is 14.3 Å². The van der Waals surface area contributed by atoms with Gasteiger partial charge >= 0.3 is 5.97 Å². The Kier molecular flexibility index (Phi) is 2.84. The van der Waals surface area contributed by atoms with Crippen LogP contribution >= 0.6 is 0 Å². The van der Waals surface area contributed by atoms with Crippen LogP contribution in [0, 0.1) is 5.92 Å². The smallest absolute Gasteiger partial charge is 0.303 e. The standard InChI is InChI=1S/C9H14O3/c1-6-4-3-5-8(11)9(6)12-7(2)10/h6,9H,3-5H2,1-2H3/t6-,9+/m1/s1. The average molecular weight is 170 g/mol. The van der Waals surface area contributed by atoms with Gasteiger partial charge in [-0.3, -0.25) is 9.59 Å². The Labute approximate surface area is 72.1 Å². The lowest BCUT2D eigenvalue weighted by molar-refractivity contribution is -0.157. The third-order valence-electron chi connectivity index (χ3n) is 2.21. The van der Waals surface area contributed by atoms with E-state index in [0.717, 1.165) is 12.8 Å². The van der Waals surface area contributed by atoms with Gasteiger partial charge in [0.1, 0.15) is 0 Å². The molecule has 12 heavy (non-hydrogen) atoms. The van der Waals surface area contributed by atoms with Crippen LogP contribution in [0.1, 0.15) is 33.1 Å². The minimum Gasteiger partial charge on any atom is -0.454 e. The fourth-order valence-corrected chi connectivity index (χ4v) is 1.57. The van der Waals surface area contributed by atoms with Crippen molar-refractivity contribution in [3.63, 3.8) is 0 Å². The van der Waals surface area contributed by atoms with E-state index >= 15 is 0 Å². The molecular weight excluding hydrogens is 156 g/mol. The van der Waals surface area contributed by atoms with E-state index in [1.807, 2.05) is 6.92 Å². The second-order valence-electron chi connectivity index (χ2n) is 3.37. The van der Waals surface area contributed by atoms with E-state index in [-0.39, 0.29) is 17.7 Å². The molecule has 0 amide bonds. The van der Waals surface area contributed by atoms with E-state index in [2.05, 4.69) is 0 Å². The van der Waals surface area contributed by atoms with Crippen LogP contribution in [0.5, 0.6) is 0 Å². The first-order chi connectivity index (χ1) is 5.61. The zero-order valence-corrected chi connectivity index (χ0v) is 7.50. The van der Waals surface area contributed by atoms with Gasteiger partial charge in [-0.1, -0.05) is 6.92 Å². The van der Waals surface area contributed by atoms with Gasteiger partial charge in [0.25, 0.3) is 0 Å². The largest absolute Gasteiger partial charge is 0.454 e. The fourth-order valence-electron chi connectivity index (χ4n) is 1.57. The van der Waals surface area contributed by atoms with Crippen molar-refractivity contribution in [1.29, 1.82) is 0 Å². The topological polar surface area (TPSA) is 43.4 Å². The molecule has 3 heteroatoms. The van der Waals surface area contributed by atoms with E-state index in [9.17, 15) is 9.59 Å². The van der Waals surface area contributed by atoms with Gasteiger partial charge in [-0.2, -0.15) is 0 Å². The van der Waals surface area contributed by atoms with Crippen molar-refractivity contribution >= 4 is 11.8 Å². The quantitative estimate of drug-likeness (QED) is 0.557. The molecule has 0 aromatic rings. The van der Waals surface area contributed by atoms with E-state index in [0.29, 0.717) is 6.42 Å². The first-order valence-electron chi connectivity index (χ1n) is 4.31. The van der Waals surface area contributed by atoms with Gasteiger partial charge in [0.15, 0.2) is 11.9 Å². The minimum atomic E-state index is -0.476. The predicted molar refractivity (Wildman–Crippen MR) is 43.6 cm³/mol. The number of esters is 1. The highest BCUT2D eigenvalue weighted by Crippen LogP contribution is 2.23. The maximum atomic E-state index is 11.3. The number of ketones is 1. The van der Waals surface area contributed by atoms with Crippen LogP contribution in [0.3, 0.4) is 0 Å². The summed E-state index contributed by atoms with van der Waals surface area (Å²) in [6, 6.07) is 0. The summed E-state index contributed by atoms with van der Waals surface area (Å²) in [4.78, 5) is 21.9. The van der Waals surface area contributed by atoms with Crippen LogP contribution in [0.25, 0.3) is 0 Å². The first-order valence-corrected chi connectivity index (χ1v) is 4.31. The molecule has 1 rings (SSSR count). The van der Waals surface area contributed by atoms with Crippen molar-refractivity contribution in [3.05, 3.63) is 0 Å². The van der Waals surface area contributed by atoms with Crippen LogP contribution in [0.2, 0.25) is 0 Å². The lowest BCUT2D eigenvalue weighted by atomic mass is 9.87. The second kappa shape index (κ2) is 3.70. The van der Waals surface area contributed by atoms with Crippen LogP contribution in [-0.2, 0) is 14.3 Å². The number of carbonyl (C=O) groups is 2. The molecule has 1 saturated carbocycles. The molecule has 2 atom stereocenters. The summed E-state index contributed by atoms with van der Waals surface area (Å²) in [5, 5.41) is 0. The van der Waals surface area contributed by atoms with Crippen LogP contribution in [0.4, 0.5) is 0 Å². The van der Waals surface area contributed by atoms with Crippen molar-refractivity contribution in [1.82, 2.24) is 0 Å². The lowest BCUT2D eigenvalue weighted by Gasteiger charge is -2.26. The van der Waals surface area contributed by atoms with E-state index in [4.69, 9.17) is 4.74 Å². The maximum absolute atomic E-state index is 11.3. The Morgan fingerprint density at radius 1 is 1.58 bits per heavy atom. The van der Waals surface area contributed by atoms with Crippen LogP contribution in [-0.4, -0.2) is 17.9 Å². The zero-order valence-electron chi connectivity index (χ0n) is 7.50. The summed E-state index contributed by atoms with van der Waals surface area (Å²) in [5.41, 5.74) is 0. The molecule has 1 aliphatic carbocycles. The highest BCUT2D eigenvalue weighted by Gasteiger charge is 2.30. The summed E-state index contributed by atoms with van der Waals surface area (Å²) in [7, 11) is 0. The van der Waals surface area contributed by atoms with Gasteiger partial charge in [-0.15, -0.1) is 0 Å². The van der Waals surface area contributed by atoms with Crippen LogP contribution < -0.4 is 0 Å². The van der Waals surface area contributed by atoms with Crippen molar-refractivity contribution in [2.75, 3.05) is 0 Å².